The number of anilines is 1. The summed E-state index contributed by atoms with van der Waals surface area (Å²) in [6.07, 6.45) is 0. The van der Waals surface area contributed by atoms with E-state index in [1.807, 2.05) is 38.1 Å². The van der Waals surface area contributed by atoms with E-state index >= 15 is 0 Å². The molecule has 0 aromatic heterocycles. The fourth-order valence-electron chi connectivity index (χ4n) is 3.15. The number of nitrogens with zero attached hydrogens (tertiary/aromatic N) is 1. The normalized spacial score (nSPS) is 12.1. The van der Waals surface area contributed by atoms with Crippen molar-refractivity contribution in [1.82, 2.24) is 5.32 Å². The Morgan fingerprint density at radius 3 is 2.10 bits per heavy atom. The van der Waals surface area contributed by atoms with Crippen molar-refractivity contribution < 1.29 is 17.9 Å². The summed E-state index contributed by atoms with van der Waals surface area (Å²) in [6.45, 7) is 4.02. The summed E-state index contributed by atoms with van der Waals surface area (Å²) < 4.78 is 33.1. The van der Waals surface area contributed by atoms with Crippen molar-refractivity contribution in [2.45, 2.75) is 24.8 Å². The van der Waals surface area contributed by atoms with Gasteiger partial charge in [-0.2, -0.15) is 0 Å². The third kappa shape index (κ3) is 5.64. The van der Waals surface area contributed by atoms with Crippen molar-refractivity contribution in [2.75, 3.05) is 17.5 Å². The second kappa shape index (κ2) is 10.1. The van der Waals surface area contributed by atoms with Crippen molar-refractivity contribution in [1.29, 1.82) is 0 Å². The summed E-state index contributed by atoms with van der Waals surface area (Å²) >= 11 is 0. The molecule has 3 aromatic rings. The van der Waals surface area contributed by atoms with Gasteiger partial charge in [0.15, 0.2) is 0 Å². The number of rotatable bonds is 9. The number of hydrogen-bond donors (Lipinski definition) is 1. The molecule has 1 amide bonds. The molecule has 31 heavy (non-hydrogen) atoms. The van der Waals surface area contributed by atoms with Crippen molar-refractivity contribution in [2.24, 2.45) is 0 Å². The van der Waals surface area contributed by atoms with Gasteiger partial charge in [-0.1, -0.05) is 48.5 Å². The van der Waals surface area contributed by atoms with E-state index in [1.54, 1.807) is 48.5 Å². The van der Waals surface area contributed by atoms with Crippen molar-refractivity contribution in [3.63, 3.8) is 0 Å². The van der Waals surface area contributed by atoms with Gasteiger partial charge in [-0.3, -0.25) is 9.10 Å². The van der Waals surface area contributed by atoms with Gasteiger partial charge in [-0.25, -0.2) is 8.42 Å². The lowest BCUT2D eigenvalue weighted by Crippen LogP contribution is -2.41. The van der Waals surface area contributed by atoms with Gasteiger partial charge in [0, 0.05) is 0 Å². The van der Waals surface area contributed by atoms with Gasteiger partial charge in [0.05, 0.1) is 23.2 Å². The quantitative estimate of drug-likeness (QED) is 0.544. The van der Waals surface area contributed by atoms with E-state index in [2.05, 4.69) is 5.32 Å². The van der Waals surface area contributed by atoms with Crippen LogP contribution in [0.4, 0.5) is 5.69 Å². The molecule has 0 fully saturated rings. The van der Waals surface area contributed by atoms with Gasteiger partial charge < -0.3 is 10.1 Å². The maximum Gasteiger partial charge on any atom is 0.264 e. The van der Waals surface area contributed by atoms with Crippen LogP contribution in [0.2, 0.25) is 0 Å². The molecular formula is C24H26N2O4S. The first-order valence-electron chi connectivity index (χ1n) is 10.1. The summed E-state index contributed by atoms with van der Waals surface area (Å²) in [5.74, 6) is 0.360. The number of hydrogen-bond acceptors (Lipinski definition) is 4. The van der Waals surface area contributed by atoms with Gasteiger partial charge in [0.1, 0.15) is 12.3 Å². The molecule has 1 atom stereocenters. The SMILES string of the molecule is CCOc1ccc(C(C)NC(=O)CN(c2ccccc2)S(=O)(=O)c2ccccc2)cc1. The Bertz CT molecular complexity index is 1090. The molecule has 0 aliphatic carbocycles. The number of carbonyl (C=O) groups excluding carboxylic acids is 1. The van der Waals surface area contributed by atoms with Crippen LogP contribution in [0.5, 0.6) is 5.75 Å². The molecule has 0 bridgehead atoms. The van der Waals surface area contributed by atoms with Crippen LogP contribution in [0.1, 0.15) is 25.5 Å². The van der Waals surface area contributed by atoms with Crippen LogP contribution in [0.15, 0.2) is 89.8 Å². The summed E-state index contributed by atoms with van der Waals surface area (Å²) in [7, 11) is -3.91. The zero-order valence-corrected chi connectivity index (χ0v) is 18.4. The van der Waals surface area contributed by atoms with E-state index in [1.165, 1.54) is 12.1 Å². The van der Waals surface area contributed by atoms with E-state index < -0.39 is 15.9 Å². The molecule has 3 rings (SSSR count). The molecule has 0 saturated heterocycles. The number of carbonyl (C=O) groups is 1. The van der Waals surface area contributed by atoms with Crippen LogP contribution in [0.25, 0.3) is 0 Å². The third-order valence-corrected chi connectivity index (χ3v) is 6.52. The van der Waals surface area contributed by atoms with Crippen LogP contribution < -0.4 is 14.4 Å². The molecule has 7 heteroatoms. The molecule has 0 radical (unpaired) electrons. The number of benzene rings is 3. The Kier molecular flexibility index (Phi) is 7.31. The van der Waals surface area contributed by atoms with Crippen molar-refractivity contribution >= 4 is 21.6 Å². The van der Waals surface area contributed by atoms with Crippen molar-refractivity contribution in [3.8, 4) is 5.75 Å². The van der Waals surface area contributed by atoms with Crippen LogP contribution in [0.3, 0.4) is 0 Å². The maximum absolute atomic E-state index is 13.3. The molecule has 0 spiro atoms. The van der Waals surface area contributed by atoms with Gasteiger partial charge >= 0.3 is 0 Å². The molecule has 1 unspecified atom stereocenters. The van der Waals surface area contributed by atoms with Gasteiger partial charge in [-0.15, -0.1) is 0 Å². The predicted molar refractivity (Wildman–Crippen MR) is 122 cm³/mol. The van der Waals surface area contributed by atoms with Gasteiger partial charge in [0.2, 0.25) is 5.91 Å². The Hall–Kier alpha value is -3.32. The first-order valence-corrected chi connectivity index (χ1v) is 11.5. The monoisotopic (exact) mass is 438 g/mol. The number of amides is 1. The second-order valence-electron chi connectivity index (χ2n) is 6.95. The molecule has 0 saturated carbocycles. The third-order valence-electron chi connectivity index (χ3n) is 4.73. The summed E-state index contributed by atoms with van der Waals surface area (Å²) in [5.41, 5.74) is 1.32. The Balaban J connectivity index is 1.79. The fraction of sp³-hybridized carbons (Fsp3) is 0.208. The summed E-state index contributed by atoms with van der Waals surface area (Å²) in [6, 6.07) is 23.9. The molecule has 162 valence electrons. The molecule has 0 heterocycles. The first kappa shape index (κ1) is 22.4. The number of sulfonamides is 1. The second-order valence-corrected chi connectivity index (χ2v) is 8.81. The number of ether oxygens (including phenoxy) is 1. The molecule has 6 nitrogen and oxygen atoms in total. The van der Waals surface area contributed by atoms with E-state index in [0.29, 0.717) is 12.3 Å². The topological polar surface area (TPSA) is 75.7 Å². The summed E-state index contributed by atoms with van der Waals surface area (Å²) in [4.78, 5) is 12.9. The van der Waals surface area contributed by atoms with Crippen LogP contribution in [-0.2, 0) is 14.8 Å². The Morgan fingerprint density at radius 2 is 1.52 bits per heavy atom. The molecule has 0 aliphatic heterocycles. The van der Waals surface area contributed by atoms with Crippen LogP contribution >= 0.6 is 0 Å². The van der Waals surface area contributed by atoms with E-state index in [9.17, 15) is 13.2 Å². The van der Waals surface area contributed by atoms with E-state index in [-0.39, 0.29) is 17.5 Å². The Labute approximate surface area is 183 Å². The summed E-state index contributed by atoms with van der Waals surface area (Å²) in [5, 5.41) is 2.89. The average Bonchev–Trinajstić information content (AvgIpc) is 2.79. The van der Waals surface area contributed by atoms with E-state index in [4.69, 9.17) is 4.74 Å². The zero-order valence-electron chi connectivity index (χ0n) is 17.6. The average molecular weight is 439 g/mol. The highest BCUT2D eigenvalue weighted by Crippen LogP contribution is 2.23. The van der Waals surface area contributed by atoms with Gasteiger partial charge in [0.25, 0.3) is 10.0 Å². The zero-order chi connectivity index (χ0) is 22.3. The molecule has 1 N–H and O–H groups in total. The number of para-hydroxylation sites is 1. The minimum Gasteiger partial charge on any atom is -0.494 e. The highest BCUT2D eigenvalue weighted by Gasteiger charge is 2.27. The van der Waals surface area contributed by atoms with E-state index in [0.717, 1.165) is 15.6 Å². The largest absolute Gasteiger partial charge is 0.494 e. The minimum absolute atomic E-state index is 0.131. The minimum atomic E-state index is -3.91. The lowest BCUT2D eigenvalue weighted by atomic mass is 10.1. The molecular weight excluding hydrogens is 412 g/mol. The van der Waals surface area contributed by atoms with Gasteiger partial charge in [-0.05, 0) is 55.8 Å². The molecule has 3 aromatic carbocycles. The van der Waals surface area contributed by atoms with Crippen LogP contribution in [-0.4, -0.2) is 27.5 Å². The molecule has 0 aliphatic rings. The highest BCUT2D eigenvalue weighted by atomic mass is 32.2. The first-order chi connectivity index (χ1) is 14.9. The van der Waals surface area contributed by atoms with Crippen LogP contribution in [0, 0.1) is 0 Å². The lowest BCUT2D eigenvalue weighted by Gasteiger charge is -2.25. The Morgan fingerprint density at radius 1 is 0.935 bits per heavy atom. The van der Waals surface area contributed by atoms with Crippen molar-refractivity contribution in [3.05, 3.63) is 90.5 Å². The maximum atomic E-state index is 13.3. The standard InChI is InChI=1S/C24H26N2O4S/c1-3-30-22-16-14-20(15-17-22)19(2)25-24(27)18-26(21-10-6-4-7-11-21)31(28,29)23-12-8-5-9-13-23/h4-17,19H,3,18H2,1-2H3,(H,25,27). The predicted octanol–water partition coefficient (Wildman–Crippen LogP) is 4.16. The highest BCUT2D eigenvalue weighted by molar-refractivity contribution is 7.92. The smallest absolute Gasteiger partial charge is 0.264 e. The fourth-order valence-corrected chi connectivity index (χ4v) is 4.59. The number of nitrogens with one attached hydrogen (secondary N) is 1. The lowest BCUT2D eigenvalue weighted by molar-refractivity contribution is -0.120.